The van der Waals surface area contributed by atoms with Crippen LogP contribution in [-0.4, -0.2) is 24.0 Å². The van der Waals surface area contributed by atoms with Crippen molar-refractivity contribution in [3.63, 3.8) is 0 Å². The summed E-state index contributed by atoms with van der Waals surface area (Å²) in [7, 11) is 0. The third-order valence-electron chi connectivity index (χ3n) is 2.79. The van der Waals surface area contributed by atoms with Crippen LogP contribution < -0.4 is 0 Å². The second-order valence-corrected chi connectivity index (χ2v) is 4.58. The Hall–Kier alpha value is -1.03. The van der Waals surface area contributed by atoms with E-state index < -0.39 is 5.79 Å². The van der Waals surface area contributed by atoms with Gasteiger partial charge < -0.3 is 14.2 Å². The van der Waals surface area contributed by atoms with Gasteiger partial charge in [0.05, 0.1) is 18.5 Å². The molecule has 0 heterocycles. The molecule has 0 spiro atoms. The molecule has 4 nitrogen and oxygen atoms in total. The molecule has 0 aliphatic rings. The molecular formula is C14H26O4. The first-order chi connectivity index (χ1) is 8.36. The number of hydrogen-bond donors (Lipinski definition) is 0. The van der Waals surface area contributed by atoms with Crippen molar-refractivity contribution in [2.45, 2.75) is 71.9 Å². The van der Waals surface area contributed by atoms with E-state index in [-0.39, 0.29) is 18.2 Å². The van der Waals surface area contributed by atoms with Gasteiger partial charge in [0.25, 0.3) is 0 Å². The zero-order valence-electron chi connectivity index (χ0n) is 12.2. The second-order valence-electron chi connectivity index (χ2n) is 4.58. The van der Waals surface area contributed by atoms with Crippen molar-refractivity contribution >= 4 is 5.97 Å². The highest BCUT2D eigenvalue weighted by Gasteiger charge is 2.29. The van der Waals surface area contributed by atoms with Gasteiger partial charge in [0, 0.05) is 26.7 Å². The lowest BCUT2D eigenvalue weighted by Gasteiger charge is -2.32. The number of rotatable bonds is 9. The Morgan fingerprint density at radius 2 is 2.06 bits per heavy atom. The molecule has 0 aromatic rings. The third-order valence-corrected chi connectivity index (χ3v) is 2.79. The van der Waals surface area contributed by atoms with Crippen LogP contribution in [-0.2, 0) is 19.0 Å². The van der Waals surface area contributed by atoms with Crippen LogP contribution in [0, 0.1) is 0 Å². The molecule has 0 radical (unpaired) electrons. The fourth-order valence-corrected chi connectivity index (χ4v) is 1.78. The van der Waals surface area contributed by atoms with Crippen molar-refractivity contribution in [2.75, 3.05) is 0 Å². The smallest absolute Gasteiger partial charge is 0.305 e. The largest absolute Gasteiger partial charge is 0.499 e. The Morgan fingerprint density at radius 1 is 1.44 bits per heavy atom. The highest BCUT2D eigenvalue weighted by molar-refractivity contribution is 5.66. The molecule has 4 heteroatoms. The van der Waals surface area contributed by atoms with Crippen molar-refractivity contribution in [3.8, 4) is 0 Å². The minimum Gasteiger partial charge on any atom is -0.499 e. The van der Waals surface area contributed by atoms with Crippen molar-refractivity contribution in [3.05, 3.63) is 12.8 Å². The van der Waals surface area contributed by atoms with E-state index in [2.05, 4.69) is 6.58 Å². The minimum atomic E-state index is -0.863. The van der Waals surface area contributed by atoms with Gasteiger partial charge in [-0.15, -0.1) is 0 Å². The fraction of sp³-hybridized carbons (Fsp3) is 0.786. The molecule has 0 saturated heterocycles. The second kappa shape index (κ2) is 8.14. The summed E-state index contributed by atoms with van der Waals surface area (Å²) in [6, 6.07) is 0. The van der Waals surface area contributed by atoms with Crippen molar-refractivity contribution in [1.82, 2.24) is 0 Å². The van der Waals surface area contributed by atoms with Gasteiger partial charge in [0.15, 0.2) is 0 Å². The summed E-state index contributed by atoms with van der Waals surface area (Å²) in [5.74, 6) is -1.20. The van der Waals surface area contributed by atoms with E-state index in [0.29, 0.717) is 6.42 Å². The molecule has 0 amide bonds. The number of carbonyl (C=O) groups is 1. The van der Waals surface area contributed by atoms with Crippen LogP contribution in [0.25, 0.3) is 0 Å². The van der Waals surface area contributed by atoms with E-state index in [9.17, 15) is 4.79 Å². The predicted octanol–water partition coefficient (Wildman–Crippen LogP) is 3.41. The highest BCUT2D eigenvalue weighted by atomic mass is 16.7. The maximum absolute atomic E-state index is 11.0. The molecule has 0 fully saturated rings. The zero-order valence-corrected chi connectivity index (χ0v) is 12.2. The fourth-order valence-electron chi connectivity index (χ4n) is 1.78. The molecule has 3 atom stereocenters. The van der Waals surface area contributed by atoms with Gasteiger partial charge in [0.1, 0.15) is 0 Å². The average molecular weight is 258 g/mol. The van der Waals surface area contributed by atoms with E-state index in [1.807, 2.05) is 20.8 Å². The van der Waals surface area contributed by atoms with Gasteiger partial charge >= 0.3 is 5.97 Å². The molecule has 0 aromatic carbocycles. The summed E-state index contributed by atoms with van der Waals surface area (Å²) < 4.78 is 16.4. The highest BCUT2D eigenvalue weighted by Crippen LogP contribution is 2.22. The third kappa shape index (κ3) is 6.64. The van der Waals surface area contributed by atoms with Crippen LogP contribution in [0.5, 0.6) is 0 Å². The first-order valence-corrected chi connectivity index (χ1v) is 6.50. The normalized spacial score (nSPS) is 17.4. The van der Waals surface area contributed by atoms with Gasteiger partial charge in [-0.05, 0) is 13.3 Å². The lowest BCUT2D eigenvalue weighted by molar-refractivity contribution is -0.241. The summed E-state index contributed by atoms with van der Waals surface area (Å²) in [6.07, 6.45) is 3.70. The summed E-state index contributed by atoms with van der Waals surface area (Å²) >= 11 is 0. The molecule has 0 bridgehead atoms. The molecule has 3 unspecified atom stereocenters. The Bertz CT molecular complexity index is 265. The number of carbonyl (C=O) groups excluding carboxylic acids is 1. The first kappa shape index (κ1) is 17.0. The minimum absolute atomic E-state index is 0.0563. The molecule has 0 N–H and O–H groups in total. The Balaban J connectivity index is 4.37. The summed E-state index contributed by atoms with van der Waals surface area (Å²) in [6.45, 7) is 12.6. The van der Waals surface area contributed by atoms with Crippen LogP contribution in [0.2, 0.25) is 0 Å². The van der Waals surface area contributed by atoms with Crippen LogP contribution in [0.3, 0.4) is 0 Å². The Morgan fingerprint density at radius 3 is 2.44 bits per heavy atom. The van der Waals surface area contributed by atoms with Gasteiger partial charge in [0.2, 0.25) is 5.79 Å². The molecule has 0 aliphatic heterocycles. The van der Waals surface area contributed by atoms with Gasteiger partial charge in [-0.1, -0.05) is 20.4 Å². The van der Waals surface area contributed by atoms with E-state index in [1.54, 1.807) is 6.92 Å². The maximum atomic E-state index is 11.0. The molecule has 0 saturated carbocycles. The number of ether oxygens (including phenoxy) is 3. The summed E-state index contributed by atoms with van der Waals surface area (Å²) in [4.78, 5) is 11.0. The van der Waals surface area contributed by atoms with Crippen molar-refractivity contribution in [1.29, 1.82) is 0 Å². The number of hydrogen-bond acceptors (Lipinski definition) is 4. The topological polar surface area (TPSA) is 44.8 Å². The van der Waals surface area contributed by atoms with E-state index in [0.717, 1.165) is 12.8 Å². The molecule has 0 rings (SSSR count). The van der Waals surface area contributed by atoms with Crippen LogP contribution in [0.4, 0.5) is 0 Å². The monoisotopic (exact) mass is 258 g/mol. The maximum Gasteiger partial charge on any atom is 0.305 e. The van der Waals surface area contributed by atoms with E-state index in [4.69, 9.17) is 14.2 Å². The van der Waals surface area contributed by atoms with Crippen molar-refractivity contribution < 1.29 is 19.0 Å². The quantitative estimate of drug-likeness (QED) is 0.361. The van der Waals surface area contributed by atoms with Crippen LogP contribution >= 0.6 is 0 Å². The average Bonchev–Trinajstić information content (AvgIpc) is 2.27. The molecule has 0 aliphatic carbocycles. The SMILES string of the molecule is C=COC(CC)CC(C)OC(C)(CC)OC(C)=O. The molecular weight excluding hydrogens is 232 g/mol. The summed E-state index contributed by atoms with van der Waals surface area (Å²) in [5.41, 5.74) is 0. The summed E-state index contributed by atoms with van der Waals surface area (Å²) in [5, 5.41) is 0. The Labute approximate surface area is 110 Å². The van der Waals surface area contributed by atoms with Gasteiger partial charge in [-0.2, -0.15) is 0 Å². The lowest BCUT2D eigenvalue weighted by Crippen LogP contribution is -2.37. The predicted molar refractivity (Wildman–Crippen MR) is 71.0 cm³/mol. The molecule has 106 valence electrons. The standard InChI is InChI=1S/C14H26O4/c1-7-13(16-9-3)10-11(4)17-14(6,8-2)18-12(5)15/h9,11,13H,3,7-8,10H2,1-2,4-6H3. The van der Waals surface area contributed by atoms with Gasteiger partial charge in [-0.3, -0.25) is 4.79 Å². The Kier molecular flexibility index (Phi) is 7.67. The lowest BCUT2D eigenvalue weighted by atomic mass is 10.1. The van der Waals surface area contributed by atoms with Crippen molar-refractivity contribution in [2.24, 2.45) is 0 Å². The van der Waals surface area contributed by atoms with Gasteiger partial charge in [-0.25, -0.2) is 0 Å². The zero-order chi connectivity index (χ0) is 14.2. The van der Waals surface area contributed by atoms with E-state index in [1.165, 1.54) is 13.2 Å². The van der Waals surface area contributed by atoms with Crippen LogP contribution in [0.15, 0.2) is 12.8 Å². The van der Waals surface area contributed by atoms with E-state index >= 15 is 0 Å². The first-order valence-electron chi connectivity index (χ1n) is 6.50. The molecule has 0 aromatic heterocycles. The molecule has 18 heavy (non-hydrogen) atoms. The number of esters is 1. The van der Waals surface area contributed by atoms with Crippen LogP contribution in [0.1, 0.15) is 53.9 Å².